The van der Waals surface area contributed by atoms with Crippen LogP contribution in [0.4, 0.5) is 11.6 Å². The maximum Gasteiger partial charge on any atom is 0.339 e. The number of aryl methyl sites for hydroxylation is 1. The fourth-order valence-electron chi connectivity index (χ4n) is 1.38. The minimum absolute atomic E-state index is 0.0954. The Balaban J connectivity index is 2.28. The van der Waals surface area contributed by atoms with E-state index in [0.717, 1.165) is 0 Å². The molecule has 0 bridgehead atoms. The third kappa shape index (κ3) is 2.68. The number of carboxylic acids is 1. The Morgan fingerprint density at radius 1 is 1.37 bits per heavy atom. The predicted molar refractivity (Wildman–Crippen MR) is 65.7 cm³/mol. The zero-order valence-electron chi connectivity index (χ0n) is 9.84. The van der Waals surface area contributed by atoms with Crippen molar-refractivity contribution in [3.8, 4) is 5.75 Å². The number of aromatic carboxylic acids is 1. The van der Waals surface area contributed by atoms with Crippen LogP contribution in [0.2, 0.25) is 0 Å². The molecule has 0 aliphatic heterocycles. The van der Waals surface area contributed by atoms with E-state index >= 15 is 0 Å². The predicted octanol–water partition coefficient (Wildman–Crippen LogP) is 0.621. The summed E-state index contributed by atoms with van der Waals surface area (Å²) in [5, 5.41) is 28.3. The lowest BCUT2D eigenvalue weighted by molar-refractivity contribution is 0.0694. The number of H-pyrrole nitrogens is 1. The van der Waals surface area contributed by atoms with E-state index in [1.807, 2.05) is 0 Å². The molecule has 19 heavy (non-hydrogen) atoms. The summed E-state index contributed by atoms with van der Waals surface area (Å²) in [6.07, 6.45) is 0. The molecule has 0 atom stereocenters. The Bertz CT molecular complexity index is 695. The van der Waals surface area contributed by atoms with Crippen molar-refractivity contribution in [3.63, 3.8) is 0 Å². The van der Waals surface area contributed by atoms with Gasteiger partial charge in [0, 0.05) is 11.8 Å². The van der Waals surface area contributed by atoms with Gasteiger partial charge in [-0.25, -0.2) is 4.79 Å². The lowest BCUT2D eigenvalue weighted by atomic mass is 10.2. The van der Waals surface area contributed by atoms with Crippen LogP contribution in [0.3, 0.4) is 0 Å². The first-order valence-electron chi connectivity index (χ1n) is 5.24. The monoisotopic (exact) mass is 262 g/mol. The molecule has 0 aliphatic rings. The van der Waals surface area contributed by atoms with Gasteiger partial charge < -0.3 is 15.5 Å². The molecule has 98 valence electrons. The number of aromatic amines is 1. The van der Waals surface area contributed by atoms with E-state index < -0.39 is 5.97 Å². The number of hydrogen-bond donors (Lipinski definition) is 4. The van der Waals surface area contributed by atoms with E-state index in [1.165, 1.54) is 25.1 Å². The maximum atomic E-state index is 11.3. The van der Waals surface area contributed by atoms with Crippen LogP contribution in [0.1, 0.15) is 16.1 Å². The molecule has 0 radical (unpaired) electrons. The highest BCUT2D eigenvalue weighted by Crippen LogP contribution is 2.23. The number of anilines is 2. The first-order valence-corrected chi connectivity index (χ1v) is 5.24. The van der Waals surface area contributed by atoms with Crippen molar-refractivity contribution in [1.82, 2.24) is 15.2 Å². The largest absolute Gasteiger partial charge is 0.507 e. The standard InChI is InChI=1S/C11H10N4O4/c1-5-9(17)13-11(15-14-5)12-6-2-3-7(10(18)19)8(16)4-6/h2-4,16H,1H3,(H,18,19)(H2,12,13,15,17). The summed E-state index contributed by atoms with van der Waals surface area (Å²) in [6, 6.07) is 3.88. The van der Waals surface area contributed by atoms with Gasteiger partial charge in [0.1, 0.15) is 17.0 Å². The quantitative estimate of drug-likeness (QED) is 0.638. The molecular weight excluding hydrogens is 252 g/mol. The smallest absolute Gasteiger partial charge is 0.339 e. The van der Waals surface area contributed by atoms with E-state index in [4.69, 9.17) is 5.11 Å². The molecule has 0 unspecified atom stereocenters. The SMILES string of the molecule is Cc1nnc(Nc2ccc(C(=O)O)c(O)c2)[nH]c1=O. The number of nitrogens with one attached hydrogen (secondary N) is 2. The van der Waals surface area contributed by atoms with Gasteiger partial charge in [-0.05, 0) is 19.1 Å². The second-order valence-electron chi connectivity index (χ2n) is 3.75. The minimum Gasteiger partial charge on any atom is -0.507 e. The summed E-state index contributed by atoms with van der Waals surface area (Å²) >= 11 is 0. The maximum absolute atomic E-state index is 11.3. The number of carbonyl (C=O) groups is 1. The van der Waals surface area contributed by atoms with E-state index in [2.05, 4.69) is 20.5 Å². The summed E-state index contributed by atoms with van der Waals surface area (Å²) in [6.45, 7) is 1.52. The van der Waals surface area contributed by atoms with Gasteiger partial charge in [-0.2, -0.15) is 0 Å². The van der Waals surface area contributed by atoms with Gasteiger partial charge in [-0.15, -0.1) is 10.2 Å². The highest BCUT2D eigenvalue weighted by atomic mass is 16.4. The first-order chi connectivity index (χ1) is 8.97. The fourth-order valence-corrected chi connectivity index (χ4v) is 1.38. The second kappa shape index (κ2) is 4.77. The molecule has 0 aliphatic carbocycles. The second-order valence-corrected chi connectivity index (χ2v) is 3.75. The molecule has 1 heterocycles. The van der Waals surface area contributed by atoms with Crippen molar-refractivity contribution in [3.05, 3.63) is 39.8 Å². The lowest BCUT2D eigenvalue weighted by Crippen LogP contribution is -2.15. The molecule has 0 saturated carbocycles. The van der Waals surface area contributed by atoms with Crippen molar-refractivity contribution < 1.29 is 15.0 Å². The number of hydrogen-bond acceptors (Lipinski definition) is 6. The van der Waals surface area contributed by atoms with Crippen molar-refractivity contribution >= 4 is 17.6 Å². The molecule has 8 nitrogen and oxygen atoms in total. The molecule has 4 N–H and O–H groups in total. The molecule has 0 spiro atoms. The number of phenols is 1. The van der Waals surface area contributed by atoms with Crippen molar-refractivity contribution in [2.75, 3.05) is 5.32 Å². The molecule has 2 rings (SSSR count). The van der Waals surface area contributed by atoms with Gasteiger partial charge in [0.15, 0.2) is 0 Å². The van der Waals surface area contributed by atoms with Crippen molar-refractivity contribution in [2.45, 2.75) is 6.92 Å². The molecular formula is C11H10N4O4. The van der Waals surface area contributed by atoms with Crippen LogP contribution in [-0.2, 0) is 0 Å². The topological polar surface area (TPSA) is 128 Å². The zero-order valence-corrected chi connectivity index (χ0v) is 9.84. The average molecular weight is 262 g/mol. The van der Waals surface area contributed by atoms with Gasteiger partial charge >= 0.3 is 5.97 Å². The normalized spacial score (nSPS) is 10.2. The summed E-state index contributed by atoms with van der Waals surface area (Å²) in [5.41, 5.74) is 0.00355. The van der Waals surface area contributed by atoms with Gasteiger partial charge in [0.2, 0.25) is 5.95 Å². The van der Waals surface area contributed by atoms with Gasteiger partial charge in [0.25, 0.3) is 5.56 Å². The van der Waals surface area contributed by atoms with Crippen molar-refractivity contribution in [2.24, 2.45) is 0 Å². The molecule has 2 aromatic rings. The summed E-state index contributed by atoms with van der Waals surface area (Å²) in [5.74, 6) is -1.52. The Morgan fingerprint density at radius 2 is 2.11 bits per heavy atom. The number of nitrogens with zero attached hydrogens (tertiary/aromatic N) is 2. The molecule has 1 aromatic carbocycles. The molecule has 0 amide bonds. The van der Waals surface area contributed by atoms with Crippen LogP contribution >= 0.6 is 0 Å². The van der Waals surface area contributed by atoms with Crippen LogP contribution in [0.15, 0.2) is 23.0 Å². The van der Waals surface area contributed by atoms with E-state index in [0.29, 0.717) is 5.69 Å². The van der Waals surface area contributed by atoms with E-state index in [9.17, 15) is 14.7 Å². The molecule has 1 aromatic heterocycles. The van der Waals surface area contributed by atoms with Gasteiger partial charge in [-0.3, -0.25) is 9.78 Å². The molecule has 8 heteroatoms. The van der Waals surface area contributed by atoms with Crippen LogP contribution in [0, 0.1) is 6.92 Å². The van der Waals surface area contributed by atoms with E-state index in [-0.39, 0.29) is 28.5 Å². The number of aromatic hydroxyl groups is 1. The third-order valence-corrected chi connectivity index (χ3v) is 2.35. The van der Waals surface area contributed by atoms with Crippen LogP contribution < -0.4 is 10.9 Å². The zero-order chi connectivity index (χ0) is 14.0. The highest BCUT2D eigenvalue weighted by molar-refractivity contribution is 5.91. The summed E-state index contributed by atoms with van der Waals surface area (Å²) in [4.78, 5) is 24.5. The number of rotatable bonds is 3. The van der Waals surface area contributed by atoms with Gasteiger partial charge in [0.05, 0.1) is 0 Å². The fraction of sp³-hybridized carbons (Fsp3) is 0.0909. The minimum atomic E-state index is -1.23. The Morgan fingerprint density at radius 3 is 2.68 bits per heavy atom. The average Bonchev–Trinajstić information content (AvgIpc) is 2.33. The lowest BCUT2D eigenvalue weighted by Gasteiger charge is -2.06. The number of benzene rings is 1. The first kappa shape index (κ1) is 12.6. The number of carboxylic acid groups (broad SMARTS) is 1. The third-order valence-electron chi connectivity index (χ3n) is 2.35. The van der Waals surface area contributed by atoms with Crippen LogP contribution in [-0.4, -0.2) is 31.4 Å². The Kier molecular flexibility index (Phi) is 3.15. The summed E-state index contributed by atoms with van der Waals surface area (Å²) < 4.78 is 0. The van der Waals surface area contributed by atoms with Crippen LogP contribution in [0.25, 0.3) is 0 Å². The van der Waals surface area contributed by atoms with Crippen LogP contribution in [0.5, 0.6) is 5.75 Å². The Labute approximate surface area is 106 Å². The molecule has 0 fully saturated rings. The van der Waals surface area contributed by atoms with Crippen molar-refractivity contribution in [1.29, 1.82) is 0 Å². The number of aromatic nitrogens is 3. The summed E-state index contributed by atoms with van der Waals surface area (Å²) in [7, 11) is 0. The highest BCUT2D eigenvalue weighted by Gasteiger charge is 2.10. The molecule has 0 saturated heterocycles. The van der Waals surface area contributed by atoms with E-state index in [1.54, 1.807) is 0 Å². The Hall–Kier alpha value is -2.90. The van der Waals surface area contributed by atoms with Gasteiger partial charge in [-0.1, -0.05) is 0 Å².